The Morgan fingerprint density at radius 1 is 0.875 bits per heavy atom. The first kappa shape index (κ1) is 11.6. The molecule has 0 heterocycles. The number of aryl methyl sites for hydroxylation is 3. The predicted octanol–water partition coefficient (Wildman–Crippen LogP) is 4.88. The van der Waals surface area contributed by atoms with Crippen LogP contribution in [-0.4, -0.2) is 0 Å². The van der Waals surface area contributed by atoms with Gasteiger partial charge in [0.15, 0.2) is 0 Å². The lowest BCUT2D eigenvalue weighted by molar-refractivity contribution is 1.32. The van der Waals surface area contributed by atoms with Crippen LogP contribution in [0.5, 0.6) is 0 Å². The van der Waals surface area contributed by atoms with Crippen LogP contribution in [0.1, 0.15) is 16.7 Å². The van der Waals surface area contributed by atoms with Gasteiger partial charge in [-0.2, -0.15) is 0 Å². The first-order valence-electron chi connectivity index (χ1n) is 5.42. The van der Waals surface area contributed by atoms with Crippen molar-refractivity contribution < 1.29 is 0 Å². The Morgan fingerprint density at radius 3 is 2.06 bits per heavy atom. The zero-order chi connectivity index (χ0) is 11.7. The van der Waals surface area contributed by atoms with Gasteiger partial charge in [0.25, 0.3) is 0 Å². The second-order valence-electron chi connectivity index (χ2n) is 4.28. The minimum atomic E-state index is 1.29. The lowest BCUT2D eigenvalue weighted by Gasteiger charge is -2.11. The summed E-state index contributed by atoms with van der Waals surface area (Å²) < 4.78 is 1.29. The van der Waals surface area contributed by atoms with E-state index in [1.165, 1.54) is 31.4 Å². The number of hydrogen-bond acceptors (Lipinski definition) is 0. The predicted molar refractivity (Wildman–Crippen MR) is 78.8 cm³/mol. The van der Waals surface area contributed by atoms with Crippen LogP contribution in [0.2, 0.25) is 0 Å². The highest BCUT2D eigenvalue weighted by Gasteiger charge is 2.06. The molecule has 0 nitrogen and oxygen atoms in total. The molecule has 0 saturated heterocycles. The molecule has 0 unspecified atom stereocenters. The highest BCUT2D eigenvalue weighted by molar-refractivity contribution is 14.1. The highest BCUT2D eigenvalue weighted by Crippen LogP contribution is 2.29. The molecule has 0 fully saturated rings. The highest BCUT2D eigenvalue weighted by atomic mass is 127. The van der Waals surface area contributed by atoms with Crippen LogP contribution in [0.4, 0.5) is 0 Å². The van der Waals surface area contributed by atoms with E-state index < -0.39 is 0 Å². The van der Waals surface area contributed by atoms with Crippen molar-refractivity contribution >= 4 is 22.6 Å². The summed E-state index contributed by atoms with van der Waals surface area (Å²) >= 11 is 2.36. The Balaban J connectivity index is 2.64. The van der Waals surface area contributed by atoms with Gasteiger partial charge in [-0.05, 0) is 77.7 Å². The Kier molecular flexibility index (Phi) is 3.33. The van der Waals surface area contributed by atoms with Crippen molar-refractivity contribution in [1.29, 1.82) is 0 Å². The van der Waals surface area contributed by atoms with E-state index in [-0.39, 0.29) is 0 Å². The van der Waals surface area contributed by atoms with Gasteiger partial charge in [-0.1, -0.05) is 29.8 Å². The summed E-state index contributed by atoms with van der Waals surface area (Å²) in [4.78, 5) is 0. The fourth-order valence-electron chi connectivity index (χ4n) is 2.28. The van der Waals surface area contributed by atoms with Crippen molar-refractivity contribution in [3.05, 3.63) is 56.7 Å². The molecule has 16 heavy (non-hydrogen) atoms. The second kappa shape index (κ2) is 4.58. The molecule has 2 rings (SSSR count). The fourth-order valence-corrected chi connectivity index (χ4v) is 2.82. The smallest absolute Gasteiger partial charge is 0.0136 e. The van der Waals surface area contributed by atoms with E-state index in [9.17, 15) is 0 Å². The van der Waals surface area contributed by atoms with E-state index in [4.69, 9.17) is 0 Å². The molecule has 0 spiro atoms. The Labute approximate surface area is 111 Å². The minimum absolute atomic E-state index is 1.29. The summed E-state index contributed by atoms with van der Waals surface area (Å²) in [5, 5.41) is 0. The maximum Gasteiger partial charge on any atom is 0.0136 e. The van der Waals surface area contributed by atoms with Crippen molar-refractivity contribution in [1.82, 2.24) is 0 Å². The van der Waals surface area contributed by atoms with Gasteiger partial charge in [-0.3, -0.25) is 0 Å². The van der Waals surface area contributed by atoms with Crippen LogP contribution >= 0.6 is 22.6 Å². The molecular formula is C15H15I. The topological polar surface area (TPSA) is 0 Å². The fraction of sp³-hybridized carbons (Fsp3) is 0.200. The lowest BCUT2D eigenvalue weighted by Crippen LogP contribution is -1.90. The summed E-state index contributed by atoms with van der Waals surface area (Å²) in [6.45, 7) is 6.53. The average Bonchev–Trinajstić information content (AvgIpc) is 2.15. The standard InChI is InChI=1S/C15H15I/c1-10-7-11(2)15(12(3)8-10)13-5-4-6-14(16)9-13/h4-9H,1-3H3. The van der Waals surface area contributed by atoms with Crippen molar-refractivity contribution in [3.8, 4) is 11.1 Å². The van der Waals surface area contributed by atoms with Crippen molar-refractivity contribution in [2.75, 3.05) is 0 Å². The third kappa shape index (κ3) is 2.29. The molecule has 0 amide bonds. The molecule has 0 radical (unpaired) electrons. The number of hydrogen-bond donors (Lipinski definition) is 0. The molecule has 0 aliphatic carbocycles. The van der Waals surface area contributed by atoms with Crippen molar-refractivity contribution in [2.24, 2.45) is 0 Å². The van der Waals surface area contributed by atoms with Gasteiger partial charge in [-0.25, -0.2) is 0 Å². The summed E-state index contributed by atoms with van der Waals surface area (Å²) in [7, 11) is 0. The summed E-state index contributed by atoms with van der Waals surface area (Å²) in [6, 6.07) is 13.2. The Hall–Kier alpha value is -0.830. The maximum absolute atomic E-state index is 2.36. The largest absolute Gasteiger partial charge is 0.0606 e. The monoisotopic (exact) mass is 322 g/mol. The van der Waals surface area contributed by atoms with Crippen LogP contribution in [0, 0.1) is 24.3 Å². The summed E-state index contributed by atoms with van der Waals surface area (Å²) in [5.41, 5.74) is 6.76. The van der Waals surface area contributed by atoms with E-state index in [1.807, 2.05) is 0 Å². The van der Waals surface area contributed by atoms with Gasteiger partial charge in [0.05, 0.1) is 0 Å². The average molecular weight is 322 g/mol. The first-order chi connectivity index (χ1) is 7.58. The van der Waals surface area contributed by atoms with E-state index in [0.29, 0.717) is 0 Å². The molecule has 0 bridgehead atoms. The van der Waals surface area contributed by atoms with Gasteiger partial charge < -0.3 is 0 Å². The molecule has 0 N–H and O–H groups in total. The molecular weight excluding hydrogens is 307 g/mol. The molecule has 0 saturated carbocycles. The van der Waals surface area contributed by atoms with Gasteiger partial charge in [0, 0.05) is 3.57 Å². The zero-order valence-electron chi connectivity index (χ0n) is 9.84. The molecule has 82 valence electrons. The van der Waals surface area contributed by atoms with E-state index in [2.05, 4.69) is 79.8 Å². The SMILES string of the molecule is Cc1cc(C)c(-c2cccc(I)c2)c(C)c1. The lowest BCUT2D eigenvalue weighted by atomic mass is 9.94. The molecule has 0 aromatic heterocycles. The molecule has 2 aromatic rings. The van der Waals surface area contributed by atoms with E-state index in [0.717, 1.165) is 0 Å². The normalized spacial score (nSPS) is 10.5. The summed E-state index contributed by atoms with van der Waals surface area (Å²) in [5.74, 6) is 0. The number of halogens is 1. The first-order valence-corrected chi connectivity index (χ1v) is 6.49. The third-order valence-electron chi connectivity index (χ3n) is 2.79. The maximum atomic E-state index is 2.36. The van der Waals surface area contributed by atoms with Crippen LogP contribution < -0.4 is 0 Å². The van der Waals surface area contributed by atoms with Crippen LogP contribution in [-0.2, 0) is 0 Å². The van der Waals surface area contributed by atoms with Crippen LogP contribution in [0.15, 0.2) is 36.4 Å². The molecule has 1 heteroatoms. The third-order valence-corrected chi connectivity index (χ3v) is 3.46. The van der Waals surface area contributed by atoms with Crippen LogP contribution in [0.25, 0.3) is 11.1 Å². The quantitative estimate of drug-likeness (QED) is 0.656. The van der Waals surface area contributed by atoms with E-state index in [1.54, 1.807) is 0 Å². The van der Waals surface area contributed by atoms with Crippen LogP contribution in [0.3, 0.4) is 0 Å². The zero-order valence-corrected chi connectivity index (χ0v) is 12.0. The molecule has 2 aromatic carbocycles. The van der Waals surface area contributed by atoms with Crippen molar-refractivity contribution in [2.45, 2.75) is 20.8 Å². The molecule has 0 aliphatic rings. The number of rotatable bonds is 1. The Morgan fingerprint density at radius 2 is 1.50 bits per heavy atom. The molecule has 0 aliphatic heterocycles. The Bertz CT molecular complexity index is 504. The minimum Gasteiger partial charge on any atom is -0.0606 e. The van der Waals surface area contributed by atoms with Gasteiger partial charge in [0.1, 0.15) is 0 Å². The number of benzene rings is 2. The van der Waals surface area contributed by atoms with Gasteiger partial charge in [-0.15, -0.1) is 0 Å². The van der Waals surface area contributed by atoms with Gasteiger partial charge in [0.2, 0.25) is 0 Å². The summed E-state index contributed by atoms with van der Waals surface area (Å²) in [6.07, 6.45) is 0. The molecule has 0 atom stereocenters. The van der Waals surface area contributed by atoms with Crippen molar-refractivity contribution in [3.63, 3.8) is 0 Å². The van der Waals surface area contributed by atoms with E-state index >= 15 is 0 Å². The second-order valence-corrected chi connectivity index (χ2v) is 5.53. The van der Waals surface area contributed by atoms with Gasteiger partial charge >= 0.3 is 0 Å².